The lowest BCUT2D eigenvalue weighted by Gasteiger charge is -2.35. The van der Waals surface area contributed by atoms with Gasteiger partial charge in [-0.1, -0.05) is 24.6 Å². The zero-order chi connectivity index (χ0) is 19.0. The summed E-state index contributed by atoms with van der Waals surface area (Å²) in [6.45, 7) is 6.73. The summed E-state index contributed by atoms with van der Waals surface area (Å²) in [7, 11) is 0. The Hall–Kier alpha value is -2.27. The number of aliphatic carboxylic acids is 1. The summed E-state index contributed by atoms with van der Waals surface area (Å²) in [5, 5.41) is 9.91. The van der Waals surface area contributed by atoms with Crippen LogP contribution in [-0.4, -0.2) is 39.5 Å². The molecule has 1 saturated heterocycles. The van der Waals surface area contributed by atoms with Gasteiger partial charge in [0.15, 0.2) is 0 Å². The van der Waals surface area contributed by atoms with Crippen LogP contribution in [0.25, 0.3) is 5.69 Å². The third-order valence-corrected chi connectivity index (χ3v) is 5.47. The van der Waals surface area contributed by atoms with E-state index in [2.05, 4.69) is 0 Å². The summed E-state index contributed by atoms with van der Waals surface area (Å²) in [6, 6.07) is 9.43. The van der Waals surface area contributed by atoms with Gasteiger partial charge in [0.05, 0.1) is 11.5 Å². The Bertz CT molecular complexity index is 859. The van der Waals surface area contributed by atoms with E-state index in [0.29, 0.717) is 30.1 Å². The van der Waals surface area contributed by atoms with E-state index in [1.165, 1.54) is 0 Å². The molecule has 1 amide bonds. The predicted molar refractivity (Wildman–Crippen MR) is 101 cm³/mol. The fourth-order valence-electron chi connectivity index (χ4n) is 3.86. The highest BCUT2D eigenvalue weighted by molar-refractivity contribution is 6.30. The van der Waals surface area contributed by atoms with E-state index in [-0.39, 0.29) is 17.7 Å². The summed E-state index contributed by atoms with van der Waals surface area (Å²) in [6.07, 6.45) is 0.495. The molecule has 1 fully saturated rings. The summed E-state index contributed by atoms with van der Waals surface area (Å²) in [5.74, 6) is -1.25. The Morgan fingerprint density at radius 1 is 1.23 bits per heavy atom. The summed E-state index contributed by atoms with van der Waals surface area (Å²) in [4.78, 5) is 26.1. The van der Waals surface area contributed by atoms with Crippen molar-refractivity contribution in [3.8, 4) is 5.69 Å². The number of halogens is 1. The van der Waals surface area contributed by atoms with Gasteiger partial charge in [-0.25, -0.2) is 0 Å². The molecule has 138 valence electrons. The molecule has 2 aromatic rings. The van der Waals surface area contributed by atoms with E-state index >= 15 is 0 Å². The van der Waals surface area contributed by atoms with Crippen LogP contribution in [0.1, 0.15) is 35.1 Å². The van der Waals surface area contributed by atoms with Gasteiger partial charge in [-0.2, -0.15) is 0 Å². The second kappa shape index (κ2) is 7.16. The number of benzene rings is 1. The fraction of sp³-hybridized carbons (Fsp3) is 0.400. The van der Waals surface area contributed by atoms with E-state index in [4.69, 9.17) is 11.6 Å². The number of amides is 1. The molecule has 1 N–H and O–H groups in total. The predicted octanol–water partition coefficient (Wildman–Crippen LogP) is 3.93. The van der Waals surface area contributed by atoms with Crippen LogP contribution in [0.15, 0.2) is 30.3 Å². The molecule has 1 aromatic heterocycles. The third kappa shape index (κ3) is 3.36. The molecule has 3 rings (SSSR count). The molecule has 1 aliphatic rings. The molecule has 0 saturated carbocycles. The Balaban J connectivity index is 1.88. The number of hydrogen-bond donors (Lipinski definition) is 1. The number of carbonyl (C=O) groups is 2. The van der Waals surface area contributed by atoms with Crippen molar-refractivity contribution in [3.05, 3.63) is 52.3 Å². The van der Waals surface area contributed by atoms with Crippen LogP contribution < -0.4 is 0 Å². The van der Waals surface area contributed by atoms with Crippen molar-refractivity contribution in [3.63, 3.8) is 0 Å². The van der Waals surface area contributed by atoms with Gasteiger partial charge in [-0.05, 0) is 50.5 Å². The van der Waals surface area contributed by atoms with Crippen LogP contribution in [0.2, 0.25) is 5.02 Å². The van der Waals surface area contributed by atoms with Gasteiger partial charge < -0.3 is 14.6 Å². The van der Waals surface area contributed by atoms with E-state index in [1.54, 1.807) is 4.90 Å². The molecule has 0 bridgehead atoms. The van der Waals surface area contributed by atoms with Crippen molar-refractivity contribution in [1.29, 1.82) is 0 Å². The number of aryl methyl sites for hydroxylation is 1. The number of hydrogen-bond acceptors (Lipinski definition) is 2. The van der Waals surface area contributed by atoms with Gasteiger partial charge in [0.2, 0.25) is 0 Å². The minimum atomic E-state index is -0.774. The summed E-state index contributed by atoms with van der Waals surface area (Å²) >= 11 is 6.11. The molecular weight excluding hydrogens is 352 g/mol. The lowest BCUT2D eigenvalue weighted by atomic mass is 9.87. The highest BCUT2D eigenvalue weighted by atomic mass is 35.5. The van der Waals surface area contributed by atoms with Crippen molar-refractivity contribution in [2.24, 2.45) is 11.8 Å². The Morgan fingerprint density at radius 2 is 1.96 bits per heavy atom. The van der Waals surface area contributed by atoms with Crippen LogP contribution in [0.5, 0.6) is 0 Å². The average Bonchev–Trinajstić information content (AvgIpc) is 2.88. The van der Waals surface area contributed by atoms with E-state index in [0.717, 1.165) is 17.1 Å². The van der Waals surface area contributed by atoms with Gasteiger partial charge in [0.1, 0.15) is 0 Å². The highest BCUT2D eigenvalue weighted by Gasteiger charge is 2.34. The first-order chi connectivity index (χ1) is 12.3. The van der Waals surface area contributed by atoms with Gasteiger partial charge in [-0.15, -0.1) is 0 Å². The van der Waals surface area contributed by atoms with E-state index < -0.39 is 5.97 Å². The number of carboxylic acid groups (broad SMARTS) is 1. The SMILES string of the molecule is Cc1cc(C(=O)N2CCC(C(=O)O)C(C)C2)c(C)n1-c1cccc(Cl)c1. The van der Waals surface area contributed by atoms with Crippen molar-refractivity contribution in [2.45, 2.75) is 27.2 Å². The number of likely N-dealkylation sites (tertiary alicyclic amines) is 1. The molecule has 2 unspecified atom stereocenters. The monoisotopic (exact) mass is 374 g/mol. The lowest BCUT2D eigenvalue weighted by Crippen LogP contribution is -2.45. The topological polar surface area (TPSA) is 62.5 Å². The number of carboxylic acids is 1. The Morgan fingerprint density at radius 3 is 2.58 bits per heavy atom. The number of aromatic nitrogens is 1. The fourth-order valence-corrected chi connectivity index (χ4v) is 4.04. The molecule has 0 radical (unpaired) electrons. The van der Waals surface area contributed by atoms with Crippen molar-refractivity contribution < 1.29 is 14.7 Å². The largest absolute Gasteiger partial charge is 0.481 e. The van der Waals surface area contributed by atoms with Crippen molar-refractivity contribution in [1.82, 2.24) is 9.47 Å². The second-order valence-corrected chi connectivity index (χ2v) is 7.50. The molecule has 2 atom stereocenters. The summed E-state index contributed by atoms with van der Waals surface area (Å²) < 4.78 is 2.02. The van der Waals surface area contributed by atoms with Crippen LogP contribution in [-0.2, 0) is 4.79 Å². The highest BCUT2D eigenvalue weighted by Crippen LogP contribution is 2.28. The minimum absolute atomic E-state index is 0.0398. The third-order valence-electron chi connectivity index (χ3n) is 5.24. The zero-order valence-corrected chi connectivity index (χ0v) is 16.0. The maximum atomic E-state index is 13.0. The molecule has 1 aromatic carbocycles. The van der Waals surface area contributed by atoms with E-state index in [9.17, 15) is 14.7 Å². The molecule has 2 heterocycles. The Kier molecular flexibility index (Phi) is 5.10. The Labute approximate surface area is 158 Å². The average molecular weight is 375 g/mol. The standard InChI is InChI=1S/C20H23ClN2O3/c1-12-11-22(8-7-17(12)20(25)26)19(24)18-9-13(2)23(14(18)3)16-6-4-5-15(21)10-16/h4-6,9-10,12,17H,7-8,11H2,1-3H3,(H,25,26). The zero-order valence-electron chi connectivity index (χ0n) is 15.2. The maximum absolute atomic E-state index is 13.0. The van der Waals surface area contributed by atoms with Crippen LogP contribution in [0.4, 0.5) is 0 Å². The molecular formula is C20H23ClN2O3. The number of nitrogens with zero attached hydrogens (tertiary/aromatic N) is 2. The normalized spacial score (nSPS) is 20.2. The molecule has 6 heteroatoms. The first-order valence-electron chi connectivity index (χ1n) is 8.76. The van der Waals surface area contributed by atoms with Crippen LogP contribution in [0, 0.1) is 25.7 Å². The first-order valence-corrected chi connectivity index (χ1v) is 9.14. The molecule has 26 heavy (non-hydrogen) atoms. The molecule has 0 aliphatic carbocycles. The number of rotatable bonds is 3. The molecule has 5 nitrogen and oxygen atoms in total. The van der Waals surface area contributed by atoms with E-state index in [1.807, 2.05) is 55.7 Å². The number of piperidine rings is 1. The maximum Gasteiger partial charge on any atom is 0.306 e. The summed E-state index contributed by atoms with van der Waals surface area (Å²) in [5.41, 5.74) is 3.40. The molecule has 0 spiro atoms. The van der Waals surface area contributed by atoms with Crippen molar-refractivity contribution in [2.75, 3.05) is 13.1 Å². The first kappa shape index (κ1) is 18.5. The smallest absolute Gasteiger partial charge is 0.306 e. The van der Waals surface area contributed by atoms with Crippen LogP contribution >= 0.6 is 11.6 Å². The van der Waals surface area contributed by atoms with Crippen LogP contribution in [0.3, 0.4) is 0 Å². The van der Waals surface area contributed by atoms with Gasteiger partial charge in [0.25, 0.3) is 5.91 Å². The van der Waals surface area contributed by atoms with Gasteiger partial charge in [0, 0.05) is 35.2 Å². The number of carbonyl (C=O) groups excluding carboxylic acids is 1. The molecule has 1 aliphatic heterocycles. The van der Waals surface area contributed by atoms with Crippen molar-refractivity contribution >= 4 is 23.5 Å². The quantitative estimate of drug-likeness (QED) is 0.885. The van der Waals surface area contributed by atoms with Gasteiger partial charge in [-0.3, -0.25) is 9.59 Å². The second-order valence-electron chi connectivity index (χ2n) is 7.06. The minimum Gasteiger partial charge on any atom is -0.481 e. The lowest BCUT2D eigenvalue weighted by molar-refractivity contribution is -0.145. The van der Waals surface area contributed by atoms with Gasteiger partial charge >= 0.3 is 5.97 Å².